The topological polar surface area (TPSA) is 69.6 Å². The van der Waals surface area contributed by atoms with Gasteiger partial charge in [0.25, 0.3) is 0 Å². The molecule has 0 saturated carbocycles. The SMILES string of the molecule is CC(C)c1noc(C(C)Sc2nncn2C)n1. The molecular formula is C10H15N5OS. The van der Waals surface area contributed by atoms with E-state index in [2.05, 4.69) is 20.3 Å². The summed E-state index contributed by atoms with van der Waals surface area (Å²) in [5, 5.41) is 12.7. The molecule has 0 spiro atoms. The third kappa shape index (κ3) is 2.66. The van der Waals surface area contributed by atoms with Crippen molar-refractivity contribution in [3.05, 3.63) is 18.0 Å². The number of aryl methyl sites for hydroxylation is 1. The molecule has 1 unspecified atom stereocenters. The summed E-state index contributed by atoms with van der Waals surface area (Å²) in [6.07, 6.45) is 1.67. The molecule has 2 rings (SSSR count). The first-order valence-corrected chi connectivity index (χ1v) is 6.30. The third-order valence-electron chi connectivity index (χ3n) is 2.27. The van der Waals surface area contributed by atoms with E-state index in [1.807, 2.05) is 32.4 Å². The van der Waals surface area contributed by atoms with Crippen molar-refractivity contribution in [1.29, 1.82) is 0 Å². The van der Waals surface area contributed by atoms with E-state index in [-0.39, 0.29) is 11.2 Å². The first-order valence-electron chi connectivity index (χ1n) is 5.42. The van der Waals surface area contributed by atoms with E-state index in [1.165, 1.54) is 0 Å². The second-order valence-electron chi connectivity index (χ2n) is 4.13. The molecule has 0 aromatic carbocycles. The van der Waals surface area contributed by atoms with Gasteiger partial charge in [-0.15, -0.1) is 10.2 Å². The molecule has 0 radical (unpaired) electrons. The highest BCUT2D eigenvalue weighted by atomic mass is 32.2. The molecule has 1 atom stereocenters. The molecule has 2 heterocycles. The maximum absolute atomic E-state index is 5.24. The Bertz CT molecular complexity index is 492. The van der Waals surface area contributed by atoms with E-state index in [9.17, 15) is 0 Å². The van der Waals surface area contributed by atoms with Crippen LogP contribution in [0.5, 0.6) is 0 Å². The summed E-state index contributed by atoms with van der Waals surface area (Å²) >= 11 is 1.55. The van der Waals surface area contributed by atoms with Gasteiger partial charge >= 0.3 is 0 Å². The van der Waals surface area contributed by atoms with Gasteiger partial charge in [-0.25, -0.2) is 0 Å². The Morgan fingerprint density at radius 2 is 2.12 bits per heavy atom. The molecule has 92 valence electrons. The molecule has 0 bridgehead atoms. The normalized spacial score (nSPS) is 13.2. The third-order valence-corrected chi connectivity index (χ3v) is 3.41. The van der Waals surface area contributed by atoms with Crippen molar-refractivity contribution in [3.63, 3.8) is 0 Å². The minimum absolute atomic E-state index is 0.0675. The van der Waals surface area contributed by atoms with Gasteiger partial charge in [-0.2, -0.15) is 4.98 Å². The van der Waals surface area contributed by atoms with Crippen molar-refractivity contribution in [2.75, 3.05) is 0 Å². The van der Waals surface area contributed by atoms with E-state index < -0.39 is 0 Å². The standard InChI is InChI=1S/C10H15N5OS/c1-6(2)8-12-9(16-14-8)7(3)17-10-13-11-5-15(10)4/h5-7H,1-4H3. The zero-order chi connectivity index (χ0) is 12.4. The Morgan fingerprint density at radius 1 is 1.35 bits per heavy atom. The quantitative estimate of drug-likeness (QED) is 0.778. The van der Waals surface area contributed by atoms with Crippen LogP contribution in [0.25, 0.3) is 0 Å². The molecule has 0 aliphatic rings. The van der Waals surface area contributed by atoms with Crippen LogP contribution in [-0.4, -0.2) is 24.9 Å². The van der Waals surface area contributed by atoms with Gasteiger partial charge in [0.2, 0.25) is 5.89 Å². The largest absolute Gasteiger partial charge is 0.338 e. The fourth-order valence-electron chi connectivity index (χ4n) is 1.23. The summed E-state index contributed by atoms with van der Waals surface area (Å²) in [4.78, 5) is 4.36. The maximum Gasteiger partial charge on any atom is 0.239 e. The summed E-state index contributed by atoms with van der Waals surface area (Å²) in [6.45, 7) is 6.08. The lowest BCUT2D eigenvalue weighted by Gasteiger charge is -2.04. The zero-order valence-electron chi connectivity index (χ0n) is 10.3. The molecule has 0 amide bonds. The molecule has 6 nitrogen and oxygen atoms in total. The lowest BCUT2D eigenvalue weighted by Crippen LogP contribution is -1.95. The van der Waals surface area contributed by atoms with E-state index in [1.54, 1.807) is 18.1 Å². The van der Waals surface area contributed by atoms with Gasteiger partial charge in [0.15, 0.2) is 11.0 Å². The van der Waals surface area contributed by atoms with E-state index in [0.717, 1.165) is 11.0 Å². The smallest absolute Gasteiger partial charge is 0.239 e. The molecule has 0 saturated heterocycles. The maximum atomic E-state index is 5.24. The van der Waals surface area contributed by atoms with Crippen LogP contribution < -0.4 is 0 Å². The molecule has 0 fully saturated rings. The Kier molecular flexibility index (Phi) is 3.46. The fourth-order valence-corrected chi connectivity index (χ4v) is 2.06. The minimum atomic E-state index is 0.0675. The highest BCUT2D eigenvalue weighted by Gasteiger charge is 2.18. The molecule has 0 aliphatic heterocycles. The first-order chi connectivity index (χ1) is 8.08. The molecule has 0 N–H and O–H groups in total. The molecule has 7 heteroatoms. The monoisotopic (exact) mass is 253 g/mol. The molecule has 2 aromatic rings. The molecule has 0 aliphatic carbocycles. The predicted molar refractivity (Wildman–Crippen MR) is 63.7 cm³/mol. The lowest BCUT2D eigenvalue weighted by molar-refractivity contribution is 0.373. The van der Waals surface area contributed by atoms with Gasteiger partial charge in [0.1, 0.15) is 6.33 Å². The van der Waals surface area contributed by atoms with Crippen LogP contribution in [0, 0.1) is 0 Å². The zero-order valence-corrected chi connectivity index (χ0v) is 11.1. The van der Waals surface area contributed by atoms with Crippen LogP contribution in [0.3, 0.4) is 0 Å². The van der Waals surface area contributed by atoms with Gasteiger partial charge in [0.05, 0.1) is 5.25 Å². The molecule has 2 aromatic heterocycles. The van der Waals surface area contributed by atoms with E-state index in [0.29, 0.717) is 5.89 Å². The van der Waals surface area contributed by atoms with E-state index in [4.69, 9.17) is 4.52 Å². The van der Waals surface area contributed by atoms with Crippen molar-refractivity contribution in [1.82, 2.24) is 24.9 Å². The van der Waals surface area contributed by atoms with Crippen molar-refractivity contribution >= 4 is 11.8 Å². The highest BCUT2D eigenvalue weighted by Crippen LogP contribution is 2.32. The van der Waals surface area contributed by atoms with Crippen LogP contribution in [0.15, 0.2) is 16.0 Å². The second-order valence-corrected chi connectivity index (χ2v) is 5.44. The van der Waals surface area contributed by atoms with Crippen molar-refractivity contribution in [3.8, 4) is 0 Å². The van der Waals surface area contributed by atoms with Crippen molar-refractivity contribution in [2.24, 2.45) is 7.05 Å². The Morgan fingerprint density at radius 3 is 2.65 bits per heavy atom. The summed E-state index contributed by atoms with van der Waals surface area (Å²) < 4.78 is 7.10. The van der Waals surface area contributed by atoms with E-state index >= 15 is 0 Å². The Balaban J connectivity index is 2.09. The van der Waals surface area contributed by atoms with Gasteiger partial charge in [-0.05, 0) is 6.92 Å². The number of hydrogen-bond acceptors (Lipinski definition) is 6. The highest BCUT2D eigenvalue weighted by molar-refractivity contribution is 7.99. The number of nitrogens with zero attached hydrogens (tertiary/aromatic N) is 5. The lowest BCUT2D eigenvalue weighted by atomic mass is 10.2. The van der Waals surface area contributed by atoms with Crippen LogP contribution in [0.4, 0.5) is 0 Å². The molecule has 17 heavy (non-hydrogen) atoms. The van der Waals surface area contributed by atoms with Gasteiger partial charge in [-0.3, -0.25) is 0 Å². The Hall–Kier alpha value is -1.37. The van der Waals surface area contributed by atoms with Crippen molar-refractivity contribution in [2.45, 2.75) is 37.1 Å². The van der Waals surface area contributed by atoms with Gasteiger partial charge in [0, 0.05) is 13.0 Å². The summed E-state index contributed by atoms with van der Waals surface area (Å²) in [5.74, 6) is 1.65. The fraction of sp³-hybridized carbons (Fsp3) is 0.600. The molecular weight excluding hydrogens is 238 g/mol. The van der Waals surface area contributed by atoms with Gasteiger partial charge < -0.3 is 9.09 Å². The van der Waals surface area contributed by atoms with Gasteiger partial charge in [-0.1, -0.05) is 30.8 Å². The first kappa shape index (κ1) is 12.1. The average Bonchev–Trinajstić information content (AvgIpc) is 2.88. The van der Waals surface area contributed by atoms with Crippen LogP contribution in [-0.2, 0) is 7.05 Å². The van der Waals surface area contributed by atoms with Crippen LogP contribution in [0.1, 0.15) is 43.7 Å². The summed E-state index contributed by atoms with van der Waals surface area (Å²) in [7, 11) is 1.91. The number of thioether (sulfide) groups is 1. The average molecular weight is 253 g/mol. The minimum Gasteiger partial charge on any atom is -0.338 e. The summed E-state index contributed by atoms with van der Waals surface area (Å²) in [6, 6.07) is 0. The van der Waals surface area contributed by atoms with Crippen LogP contribution >= 0.6 is 11.8 Å². The number of rotatable bonds is 4. The second kappa shape index (κ2) is 4.87. The summed E-state index contributed by atoms with van der Waals surface area (Å²) in [5.41, 5.74) is 0. The number of aromatic nitrogens is 5. The predicted octanol–water partition coefficient (Wildman–Crippen LogP) is 2.17. The number of hydrogen-bond donors (Lipinski definition) is 0. The van der Waals surface area contributed by atoms with Crippen molar-refractivity contribution < 1.29 is 4.52 Å². The Labute approximate surface area is 104 Å². The van der Waals surface area contributed by atoms with Crippen LogP contribution in [0.2, 0.25) is 0 Å².